The third-order valence-corrected chi connectivity index (χ3v) is 3.26. The van der Waals surface area contributed by atoms with Gasteiger partial charge in [-0.2, -0.15) is 0 Å². The second-order valence-electron chi connectivity index (χ2n) is 3.79. The van der Waals surface area contributed by atoms with Crippen LogP contribution < -0.4 is 5.32 Å². The molecule has 6 nitrogen and oxygen atoms in total. The molecule has 0 aliphatic heterocycles. The Morgan fingerprint density at radius 1 is 1.32 bits per heavy atom. The largest absolute Gasteiger partial charge is 0.506 e. The molecule has 0 fully saturated rings. The van der Waals surface area contributed by atoms with E-state index in [0.717, 1.165) is 4.88 Å². The van der Waals surface area contributed by atoms with Crippen molar-refractivity contribution in [1.82, 2.24) is 4.98 Å². The normalized spacial score (nSPS) is 10.2. The van der Waals surface area contributed by atoms with Crippen molar-refractivity contribution < 1.29 is 19.8 Å². The van der Waals surface area contributed by atoms with E-state index in [1.54, 1.807) is 6.92 Å². The van der Waals surface area contributed by atoms with Gasteiger partial charge in [0, 0.05) is 11.1 Å². The molecule has 0 unspecified atom stereocenters. The van der Waals surface area contributed by atoms with Crippen molar-refractivity contribution in [3.05, 3.63) is 40.5 Å². The van der Waals surface area contributed by atoms with E-state index in [0.29, 0.717) is 0 Å². The van der Waals surface area contributed by atoms with E-state index in [-0.39, 0.29) is 21.9 Å². The van der Waals surface area contributed by atoms with E-state index >= 15 is 0 Å². The zero-order valence-electron chi connectivity index (χ0n) is 9.88. The maximum atomic E-state index is 11.9. The number of pyridine rings is 1. The van der Waals surface area contributed by atoms with Gasteiger partial charge < -0.3 is 15.5 Å². The lowest BCUT2D eigenvalue weighted by molar-refractivity contribution is 0.0698. The third-order valence-electron chi connectivity index (χ3n) is 2.30. The number of hydrogen-bond donors (Lipinski definition) is 3. The molecule has 1 amide bonds. The van der Waals surface area contributed by atoms with Crippen LogP contribution >= 0.6 is 11.3 Å². The third kappa shape index (κ3) is 2.89. The van der Waals surface area contributed by atoms with Crippen LogP contribution in [0, 0.1) is 6.92 Å². The molecule has 19 heavy (non-hydrogen) atoms. The molecule has 0 aliphatic carbocycles. The van der Waals surface area contributed by atoms with E-state index < -0.39 is 11.9 Å². The average molecular weight is 278 g/mol. The molecular formula is C12H10N2O4S. The molecule has 0 radical (unpaired) electrons. The first-order chi connectivity index (χ1) is 8.97. The topological polar surface area (TPSA) is 99.5 Å². The molecule has 7 heteroatoms. The number of carbonyl (C=O) groups excluding carboxylic acids is 1. The van der Waals surface area contributed by atoms with Crippen molar-refractivity contribution >= 4 is 28.2 Å². The molecule has 2 rings (SSSR count). The lowest BCUT2D eigenvalue weighted by Gasteiger charge is -2.04. The highest BCUT2D eigenvalue weighted by Crippen LogP contribution is 2.28. The summed E-state index contributed by atoms with van der Waals surface area (Å²) in [6.07, 6.45) is 2.49. The summed E-state index contributed by atoms with van der Waals surface area (Å²) in [6.45, 7) is 1.75. The fourth-order valence-electron chi connectivity index (χ4n) is 1.49. The second-order valence-corrected chi connectivity index (χ2v) is 5.05. The number of carbonyl (C=O) groups is 2. The highest BCUT2D eigenvalue weighted by atomic mass is 32.1. The van der Waals surface area contributed by atoms with Gasteiger partial charge in [0.15, 0.2) is 0 Å². The molecule has 2 heterocycles. The zero-order valence-corrected chi connectivity index (χ0v) is 10.7. The number of rotatable bonds is 3. The first-order valence-corrected chi connectivity index (χ1v) is 6.08. The maximum absolute atomic E-state index is 11.9. The van der Waals surface area contributed by atoms with Gasteiger partial charge in [0.05, 0.1) is 17.3 Å². The number of aromatic nitrogens is 1. The number of anilines is 1. The summed E-state index contributed by atoms with van der Waals surface area (Å²) in [5.74, 6) is -1.75. The molecule has 2 aromatic heterocycles. The van der Waals surface area contributed by atoms with E-state index in [1.807, 2.05) is 0 Å². The molecule has 2 aromatic rings. The number of aromatic carboxylic acids is 1. The van der Waals surface area contributed by atoms with E-state index in [1.165, 1.54) is 35.9 Å². The first kappa shape index (κ1) is 13.0. The molecule has 0 aliphatic rings. The van der Waals surface area contributed by atoms with Gasteiger partial charge in [-0.25, -0.2) is 4.79 Å². The predicted molar refractivity (Wildman–Crippen MR) is 69.9 cm³/mol. The minimum absolute atomic E-state index is 0.0453. The number of carboxylic acid groups (broad SMARTS) is 1. The van der Waals surface area contributed by atoms with E-state index in [9.17, 15) is 14.7 Å². The smallest absolute Gasteiger partial charge is 0.338 e. The SMILES string of the molecule is Cc1cc(C(=O)O)c(NC(=O)c2cncc(O)c2)s1. The van der Waals surface area contributed by atoms with Crippen molar-refractivity contribution in [2.45, 2.75) is 6.92 Å². The molecular weight excluding hydrogens is 268 g/mol. The average Bonchev–Trinajstić information content (AvgIpc) is 2.70. The Morgan fingerprint density at radius 2 is 2.05 bits per heavy atom. The zero-order chi connectivity index (χ0) is 14.0. The molecule has 0 atom stereocenters. The minimum Gasteiger partial charge on any atom is -0.506 e. The molecule has 0 spiro atoms. The summed E-state index contributed by atoms with van der Waals surface area (Å²) in [5.41, 5.74) is 0.200. The summed E-state index contributed by atoms with van der Waals surface area (Å²) in [6, 6.07) is 2.74. The van der Waals surface area contributed by atoms with Crippen molar-refractivity contribution in [3.63, 3.8) is 0 Å². The highest BCUT2D eigenvalue weighted by molar-refractivity contribution is 7.16. The molecule has 0 saturated heterocycles. The van der Waals surface area contributed by atoms with Gasteiger partial charge in [-0.1, -0.05) is 0 Å². The van der Waals surface area contributed by atoms with Gasteiger partial charge in [-0.05, 0) is 19.1 Å². The highest BCUT2D eigenvalue weighted by Gasteiger charge is 2.17. The fraction of sp³-hybridized carbons (Fsp3) is 0.0833. The number of nitrogens with zero attached hydrogens (tertiary/aromatic N) is 1. The van der Waals surface area contributed by atoms with Gasteiger partial charge in [0.2, 0.25) is 0 Å². The quantitative estimate of drug-likeness (QED) is 0.798. The molecule has 0 aromatic carbocycles. The number of aromatic hydroxyl groups is 1. The van der Waals surface area contributed by atoms with Crippen molar-refractivity contribution in [3.8, 4) is 5.75 Å². The van der Waals surface area contributed by atoms with Crippen molar-refractivity contribution in [1.29, 1.82) is 0 Å². The summed E-state index contributed by atoms with van der Waals surface area (Å²) >= 11 is 1.17. The molecule has 98 valence electrons. The van der Waals surface area contributed by atoms with Crippen molar-refractivity contribution in [2.24, 2.45) is 0 Å². The summed E-state index contributed by atoms with van der Waals surface area (Å²) in [7, 11) is 0. The monoisotopic (exact) mass is 278 g/mol. The summed E-state index contributed by atoms with van der Waals surface area (Å²) in [5, 5.41) is 21.0. The van der Waals surface area contributed by atoms with Gasteiger partial charge in [-0.3, -0.25) is 9.78 Å². The fourth-order valence-corrected chi connectivity index (χ4v) is 2.39. The van der Waals surface area contributed by atoms with Crippen LogP contribution in [-0.2, 0) is 0 Å². The van der Waals surface area contributed by atoms with Gasteiger partial charge in [0.1, 0.15) is 10.8 Å². The number of carboxylic acids is 1. The van der Waals surface area contributed by atoms with Crippen LogP contribution in [-0.4, -0.2) is 27.1 Å². The Balaban J connectivity index is 2.26. The van der Waals surface area contributed by atoms with Crippen LogP contribution in [0.15, 0.2) is 24.5 Å². The second kappa shape index (κ2) is 5.07. The van der Waals surface area contributed by atoms with Crippen LogP contribution in [0.2, 0.25) is 0 Å². The Bertz CT molecular complexity index is 651. The first-order valence-electron chi connectivity index (χ1n) is 5.26. The lowest BCUT2D eigenvalue weighted by atomic mass is 10.2. The van der Waals surface area contributed by atoms with Crippen LogP contribution in [0.5, 0.6) is 5.75 Å². The minimum atomic E-state index is -1.10. The Hall–Kier alpha value is -2.41. The Labute approximate surface area is 112 Å². The number of nitrogens with one attached hydrogen (secondary N) is 1. The van der Waals surface area contributed by atoms with E-state index in [2.05, 4.69) is 10.3 Å². The number of thiophene rings is 1. The Morgan fingerprint density at radius 3 is 2.68 bits per heavy atom. The number of aryl methyl sites for hydroxylation is 1. The van der Waals surface area contributed by atoms with Gasteiger partial charge >= 0.3 is 5.97 Å². The molecule has 0 saturated carbocycles. The lowest BCUT2D eigenvalue weighted by Crippen LogP contribution is -2.13. The molecule has 0 bridgehead atoms. The summed E-state index contributed by atoms with van der Waals surface area (Å²) in [4.78, 5) is 27.4. The number of hydrogen-bond acceptors (Lipinski definition) is 5. The predicted octanol–water partition coefficient (Wildman–Crippen LogP) is 2.11. The number of amides is 1. The van der Waals surface area contributed by atoms with Gasteiger partial charge in [-0.15, -0.1) is 11.3 Å². The maximum Gasteiger partial charge on any atom is 0.338 e. The molecule has 3 N–H and O–H groups in total. The van der Waals surface area contributed by atoms with Crippen molar-refractivity contribution in [2.75, 3.05) is 5.32 Å². The standard InChI is InChI=1S/C12H10N2O4S/c1-6-2-9(12(17)18)11(19-6)14-10(16)7-3-8(15)5-13-4-7/h2-5,15H,1H3,(H,14,16)(H,17,18). The summed E-state index contributed by atoms with van der Waals surface area (Å²) < 4.78 is 0. The van der Waals surface area contributed by atoms with Crippen LogP contribution in [0.4, 0.5) is 5.00 Å². The van der Waals surface area contributed by atoms with E-state index in [4.69, 9.17) is 5.11 Å². The van der Waals surface area contributed by atoms with Crippen LogP contribution in [0.3, 0.4) is 0 Å². The van der Waals surface area contributed by atoms with Crippen LogP contribution in [0.25, 0.3) is 0 Å². The van der Waals surface area contributed by atoms with Crippen LogP contribution in [0.1, 0.15) is 25.6 Å². The van der Waals surface area contributed by atoms with Gasteiger partial charge in [0.25, 0.3) is 5.91 Å². The Kier molecular flexibility index (Phi) is 3.48.